The number of fused-ring (bicyclic) bond motifs is 5. The van der Waals surface area contributed by atoms with Gasteiger partial charge in [0.2, 0.25) is 0 Å². The lowest BCUT2D eigenvalue weighted by Crippen LogP contribution is -2.78. The predicted octanol–water partition coefficient (Wildman–Crippen LogP) is 13.3. The molecule has 0 aromatic rings. The number of ether oxygens (including phenoxy) is 1. The van der Waals surface area contributed by atoms with Crippen molar-refractivity contribution >= 4 is 185 Å². The molecule has 0 radical (unpaired) electrons. The van der Waals surface area contributed by atoms with Gasteiger partial charge in [-0.25, -0.2) is 0 Å². The molecule has 2 bridgehead atoms. The van der Waals surface area contributed by atoms with Crippen molar-refractivity contribution in [3.63, 3.8) is 0 Å². The molecule has 24 atom stereocenters. The lowest BCUT2D eigenvalue weighted by atomic mass is 9.46. The maximum Gasteiger partial charge on any atom is 0.174 e. The number of hydrogen-bond acceptors (Lipinski definition) is 7. The van der Waals surface area contributed by atoms with Gasteiger partial charge in [-0.1, -0.05) is 31.7 Å². The van der Waals surface area contributed by atoms with Gasteiger partial charge in [-0.15, -0.1) is 89.3 Å². The fraction of sp³-hybridized carbons (Fsp3) is 0.850. The Balaban J connectivity index is 1.93. The van der Waals surface area contributed by atoms with Gasteiger partial charge in [0, 0.05) is 34.8 Å². The lowest BCUT2D eigenvalue weighted by molar-refractivity contribution is -0.327. The maximum atomic E-state index is 15.3. The first-order valence-corrected chi connectivity index (χ1v) is 52.1. The summed E-state index contributed by atoms with van der Waals surface area (Å²) in [5, 5.41) is 25.1. The minimum absolute atomic E-state index is 0.0660. The van der Waals surface area contributed by atoms with Gasteiger partial charge in [-0.05, 0) is 77.7 Å². The zero-order chi connectivity index (χ0) is 37.1. The summed E-state index contributed by atoms with van der Waals surface area (Å²) in [4.78, 5) is 15.3. The summed E-state index contributed by atoms with van der Waals surface area (Å²) in [6, 6.07) is 0. The SMILES string of the molecule is CC1=C2[C@@H](O)C(=O)[C@]3(C)[C@@H](OP(P(P)P)P(P)P)C[C@H]4OC[C@@]4(O)[C@H]3[C@H](OPP)C(C[C@@H]1OP(P(P)P(P)P)P(P(P)P)P(P)P)C2(C)C. The van der Waals surface area contributed by atoms with Crippen molar-refractivity contribution < 1.29 is 33.3 Å². The van der Waals surface area contributed by atoms with Gasteiger partial charge in [-0.2, -0.15) is 0 Å². The Labute approximate surface area is 333 Å². The van der Waals surface area contributed by atoms with Crippen molar-refractivity contribution in [2.24, 2.45) is 22.7 Å². The molecule has 3 aliphatic carbocycles. The summed E-state index contributed by atoms with van der Waals surface area (Å²) in [5.41, 5.74) is -1.37. The number of carbonyl (C=O) groups is 1. The minimum atomic E-state index is -1.36. The van der Waals surface area contributed by atoms with Crippen LogP contribution in [0.25, 0.3) is 0 Å². The zero-order valence-electron chi connectivity index (χ0n) is 27.6. The molecule has 16 unspecified atom stereocenters. The summed E-state index contributed by atoms with van der Waals surface area (Å²) in [6.07, 6.45) is -2.08. The number of Topliss-reactive ketones (excluding diaryl/α,β-unsaturated/α-hetero) is 1. The highest BCUT2D eigenvalue weighted by atomic mass is 33.2. The van der Waals surface area contributed by atoms with Crippen LogP contribution >= 0.6 is 180 Å². The fourth-order valence-electron chi connectivity index (χ4n) is 7.90. The van der Waals surface area contributed by atoms with Crippen LogP contribution in [-0.4, -0.2) is 58.7 Å². The average Bonchev–Trinajstić information content (AvgIpc) is 2.97. The molecule has 29 heteroatoms. The van der Waals surface area contributed by atoms with Crippen molar-refractivity contribution in [1.29, 1.82) is 0 Å². The first-order valence-electron chi connectivity index (χ1n) is 14.7. The van der Waals surface area contributed by atoms with Crippen LogP contribution in [0, 0.1) is 22.7 Å². The quantitative estimate of drug-likeness (QED) is 0.140. The van der Waals surface area contributed by atoms with E-state index in [4.69, 9.17) is 18.3 Å². The van der Waals surface area contributed by atoms with Crippen LogP contribution in [-0.2, 0) is 23.1 Å². The van der Waals surface area contributed by atoms with Crippen LogP contribution in [0.5, 0.6) is 0 Å². The van der Waals surface area contributed by atoms with E-state index in [1.165, 1.54) is 0 Å². The summed E-state index contributed by atoms with van der Waals surface area (Å²) in [7, 11) is 34.3. The van der Waals surface area contributed by atoms with Crippen LogP contribution in [0.2, 0.25) is 0 Å². The summed E-state index contributed by atoms with van der Waals surface area (Å²) in [5.74, 6) is -1.07. The molecular formula is C20H52O7P22. The van der Waals surface area contributed by atoms with Crippen LogP contribution in [0.3, 0.4) is 0 Å². The van der Waals surface area contributed by atoms with E-state index in [9.17, 15) is 10.2 Å². The number of aliphatic hydroxyl groups is 2. The van der Waals surface area contributed by atoms with E-state index in [0.29, 0.717) is 12.8 Å². The van der Waals surface area contributed by atoms with Crippen molar-refractivity contribution in [3.8, 4) is 0 Å². The number of rotatable bonds is 13. The molecule has 4 rings (SSSR count). The third-order valence-corrected chi connectivity index (χ3v) is 104. The van der Waals surface area contributed by atoms with E-state index >= 15 is 4.79 Å². The molecule has 4 aliphatic rings. The molecule has 0 aromatic heterocycles. The van der Waals surface area contributed by atoms with Crippen molar-refractivity contribution in [3.05, 3.63) is 11.1 Å². The Morgan fingerprint density at radius 3 is 1.88 bits per heavy atom. The summed E-state index contributed by atoms with van der Waals surface area (Å²) in [6.45, 7) is 5.13. The average molecular weight is 1090 g/mol. The van der Waals surface area contributed by atoms with Crippen LogP contribution in [0.4, 0.5) is 0 Å². The molecule has 2 N–H and O–H groups in total. The van der Waals surface area contributed by atoms with E-state index in [1.807, 2.05) is 6.92 Å². The lowest BCUT2D eigenvalue weighted by Gasteiger charge is -2.66. The highest BCUT2D eigenvalue weighted by molar-refractivity contribution is 9.19. The first kappa shape index (κ1) is 50.3. The third-order valence-electron chi connectivity index (χ3n) is 10.2. The Morgan fingerprint density at radius 2 is 1.43 bits per heavy atom. The van der Waals surface area contributed by atoms with Crippen molar-refractivity contribution in [1.82, 2.24) is 0 Å². The number of carbonyl (C=O) groups excluding carboxylic acids is 1. The van der Waals surface area contributed by atoms with E-state index in [1.54, 1.807) is 0 Å². The Hall–Kier alpha value is 8.63. The molecule has 0 aromatic carbocycles. The van der Waals surface area contributed by atoms with E-state index in [-0.39, 0.29) is 53.9 Å². The Kier molecular flexibility index (Phi) is 21.4. The second kappa shape index (κ2) is 20.9. The van der Waals surface area contributed by atoms with Gasteiger partial charge in [-0.3, -0.25) is 4.79 Å². The molecule has 1 saturated heterocycles. The molecule has 1 heterocycles. The van der Waals surface area contributed by atoms with E-state index in [0.717, 1.165) is 11.1 Å². The van der Waals surface area contributed by atoms with Crippen LogP contribution in [0.15, 0.2) is 11.1 Å². The minimum Gasteiger partial charge on any atom is -0.384 e. The molecule has 7 nitrogen and oxygen atoms in total. The number of ketones is 1. The predicted molar refractivity (Wildman–Crippen MR) is 278 cm³/mol. The molecular weight excluding hydrogens is 1030 g/mol. The highest BCUT2D eigenvalue weighted by Crippen LogP contribution is 3.17. The maximum absolute atomic E-state index is 15.3. The number of hydrogen-bond donors (Lipinski definition) is 2. The fourth-order valence-corrected chi connectivity index (χ4v) is 138. The third kappa shape index (κ3) is 10.4. The molecule has 49 heavy (non-hydrogen) atoms. The monoisotopic (exact) mass is 1090 g/mol. The molecule has 0 amide bonds. The van der Waals surface area contributed by atoms with Gasteiger partial charge in [0.25, 0.3) is 0 Å². The Morgan fingerprint density at radius 1 is 0.857 bits per heavy atom. The van der Waals surface area contributed by atoms with Crippen LogP contribution < -0.4 is 0 Å². The van der Waals surface area contributed by atoms with Gasteiger partial charge in [0.15, 0.2) is 5.78 Å². The topological polar surface area (TPSA) is 94.5 Å². The molecule has 1 aliphatic heterocycles. The molecule has 284 valence electrons. The highest BCUT2D eigenvalue weighted by Gasteiger charge is 2.73. The normalized spacial score (nSPS) is 37.8. The first-order chi connectivity index (χ1) is 22.6. The largest absolute Gasteiger partial charge is 0.384 e. The van der Waals surface area contributed by atoms with Gasteiger partial charge < -0.3 is 28.5 Å². The second-order valence-electron chi connectivity index (χ2n) is 13.1. The second-order valence-corrected chi connectivity index (χ2v) is 86.7. The van der Waals surface area contributed by atoms with Gasteiger partial charge in [0.05, 0.1) is 51.5 Å². The van der Waals surface area contributed by atoms with Gasteiger partial charge in [0.1, 0.15) is 11.7 Å². The number of aliphatic hydroxyl groups excluding tert-OH is 1. The zero-order valence-corrected chi connectivity index (χ0v) is 50.5. The van der Waals surface area contributed by atoms with E-state index in [2.05, 4.69) is 128 Å². The molecule has 3 fully saturated rings. The molecule has 2 saturated carbocycles. The van der Waals surface area contributed by atoms with Crippen LogP contribution in [0.1, 0.15) is 40.5 Å². The van der Waals surface area contributed by atoms with Crippen molar-refractivity contribution in [2.75, 3.05) is 6.61 Å². The molecule has 0 spiro atoms. The van der Waals surface area contributed by atoms with Crippen molar-refractivity contribution in [2.45, 2.75) is 76.7 Å². The summed E-state index contributed by atoms with van der Waals surface area (Å²) >= 11 is 0. The Bertz CT molecular complexity index is 1210. The smallest absolute Gasteiger partial charge is 0.174 e. The standard InChI is InChI=1S/C20H52O7P22/c1-8-10(26-42(48(39)45(33)34)49(46(35)36)47(37)38)5-9-15(25-40-28)16-19(4,17(22)14(21)13(8)18(9,2)3)11(6-12-20(16,23)7-24-12)27-41(43(29)30)44(31)32/h9-12,14-16,21,23,40H,5-7,28-39H2,1-4H3/t9?,10-,11-,12+,14+,15+,16-,19+,20-,42?,48?/m0/s1. The van der Waals surface area contributed by atoms with E-state index < -0.39 is 89.8 Å². The van der Waals surface area contributed by atoms with Gasteiger partial charge >= 0.3 is 0 Å². The summed E-state index contributed by atoms with van der Waals surface area (Å²) < 4.78 is 27.4.